The minimum absolute atomic E-state index is 0.835. The van der Waals surface area contributed by atoms with E-state index in [2.05, 4.69) is 31.1 Å². The average Bonchev–Trinajstić information content (AvgIpc) is 2.78. The number of aromatic nitrogens is 5. The van der Waals surface area contributed by atoms with Crippen LogP contribution in [0, 0.1) is 0 Å². The molecule has 0 radical (unpaired) electrons. The van der Waals surface area contributed by atoms with E-state index in [1.54, 1.807) is 15.4 Å². The summed E-state index contributed by atoms with van der Waals surface area (Å²) in [6.45, 7) is 0. The number of halogens is 1. The third kappa shape index (κ3) is 1.38. The number of imidazole rings is 1. The molecule has 0 aliphatic heterocycles. The van der Waals surface area contributed by atoms with Gasteiger partial charge in [-0.3, -0.25) is 4.68 Å². The molecule has 5 nitrogen and oxygen atoms in total. The van der Waals surface area contributed by atoms with Crippen LogP contribution < -0.4 is 0 Å². The van der Waals surface area contributed by atoms with E-state index >= 15 is 0 Å². The molecular formula is C8H6BrN5S. The maximum atomic E-state index is 4.46. The highest BCUT2D eigenvalue weighted by atomic mass is 79.9. The van der Waals surface area contributed by atoms with Crippen molar-refractivity contribution in [2.45, 2.75) is 0 Å². The Hall–Kier alpha value is -1.21. The molecule has 3 aromatic heterocycles. The number of nitrogens with zero attached hydrogens (tertiary/aromatic N) is 5. The topological polar surface area (TPSA) is 48.0 Å². The van der Waals surface area contributed by atoms with Crippen molar-refractivity contribution in [3.8, 4) is 11.4 Å². The van der Waals surface area contributed by atoms with E-state index in [0.717, 1.165) is 20.3 Å². The molecule has 0 aliphatic carbocycles. The summed E-state index contributed by atoms with van der Waals surface area (Å²) in [7, 11) is 1.89. The zero-order chi connectivity index (χ0) is 10.4. The van der Waals surface area contributed by atoms with E-state index in [-0.39, 0.29) is 0 Å². The molecule has 7 heteroatoms. The number of rotatable bonds is 1. The lowest BCUT2D eigenvalue weighted by Gasteiger charge is -1.94. The van der Waals surface area contributed by atoms with Crippen molar-refractivity contribution >= 4 is 32.2 Å². The first-order chi connectivity index (χ1) is 7.24. The third-order valence-electron chi connectivity index (χ3n) is 2.10. The highest BCUT2D eigenvalue weighted by molar-refractivity contribution is 9.11. The van der Waals surface area contributed by atoms with Gasteiger partial charge in [0.15, 0.2) is 3.92 Å². The Labute approximate surface area is 97.5 Å². The number of hydrogen-bond acceptors (Lipinski definition) is 4. The van der Waals surface area contributed by atoms with Crippen LogP contribution in [0.4, 0.5) is 0 Å². The van der Waals surface area contributed by atoms with Crippen molar-refractivity contribution in [3.63, 3.8) is 0 Å². The Morgan fingerprint density at radius 3 is 3.00 bits per heavy atom. The lowest BCUT2D eigenvalue weighted by atomic mass is 10.3. The molecule has 76 valence electrons. The SMILES string of the molecule is Cn1nccc1-c1cn2nc(Br)sc2n1. The molecule has 0 spiro atoms. The van der Waals surface area contributed by atoms with Crippen LogP contribution in [0.25, 0.3) is 16.3 Å². The summed E-state index contributed by atoms with van der Waals surface area (Å²) >= 11 is 4.82. The fraction of sp³-hybridized carbons (Fsp3) is 0.125. The van der Waals surface area contributed by atoms with E-state index in [9.17, 15) is 0 Å². The van der Waals surface area contributed by atoms with Gasteiger partial charge in [-0.15, -0.1) is 5.10 Å². The van der Waals surface area contributed by atoms with Gasteiger partial charge in [-0.2, -0.15) is 5.10 Å². The molecule has 3 aromatic rings. The van der Waals surface area contributed by atoms with Gasteiger partial charge in [0.05, 0.1) is 11.9 Å². The van der Waals surface area contributed by atoms with E-state index in [0.29, 0.717) is 0 Å². The minimum atomic E-state index is 0.835. The fourth-order valence-electron chi connectivity index (χ4n) is 1.42. The summed E-state index contributed by atoms with van der Waals surface area (Å²) in [5.74, 6) is 0. The summed E-state index contributed by atoms with van der Waals surface area (Å²) in [5, 5.41) is 8.34. The van der Waals surface area contributed by atoms with Crippen LogP contribution in [-0.4, -0.2) is 24.4 Å². The average molecular weight is 284 g/mol. The summed E-state index contributed by atoms with van der Waals surface area (Å²) in [5.41, 5.74) is 1.88. The van der Waals surface area contributed by atoms with Gasteiger partial charge in [-0.1, -0.05) is 11.3 Å². The second kappa shape index (κ2) is 3.14. The van der Waals surface area contributed by atoms with Crippen LogP contribution in [0.2, 0.25) is 0 Å². The van der Waals surface area contributed by atoms with Crippen molar-refractivity contribution < 1.29 is 0 Å². The van der Waals surface area contributed by atoms with E-state index in [1.165, 1.54) is 11.3 Å². The predicted molar refractivity (Wildman–Crippen MR) is 60.8 cm³/mol. The summed E-state index contributed by atoms with van der Waals surface area (Å²) < 4.78 is 4.39. The molecule has 0 saturated heterocycles. The number of aryl methyl sites for hydroxylation is 1. The zero-order valence-corrected chi connectivity index (χ0v) is 10.2. The monoisotopic (exact) mass is 283 g/mol. The maximum absolute atomic E-state index is 4.46. The van der Waals surface area contributed by atoms with Crippen molar-refractivity contribution in [1.82, 2.24) is 24.4 Å². The molecule has 0 bridgehead atoms. The number of hydrogen-bond donors (Lipinski definition) is 0. The Morgan fingerprint density at radius 1 is 1.47 bits per heavy atom. The zero-order valence-electron chi connectivity index (χ0n) is 7.75. The lowest BCUT2D eigenvalue weighted by molar-refractivity contribution is 0.774. The van der Waals surface area contributed by atoms with Crippen molar-refractivity contribution in [2.75, 3.05) is 0 Å². The molecule has 3 rings (SSSR count). The Balaban J connectivity index is 2.20. The molecule has 0 saturated carbocycles. The first kappa shape index (κ1) is 9.05. The van der Waals surface area contributed by atoms with Gasteiger partial charge >= 0.3 is 0 Å². The van der Waals surface area contributed by atoms with E-state index < -0.39 is 0 Å². The second-order valence-electron chi connectivity index (χ2n) is 3.05. The summed E-state index contributed by atoms with van der Waals surface area (Å²) in [6, 6.07) is 1.93. The normalized spacial score (nSPS) is 11.3. The quantitative estimate of drug-likeness (QED) is 0.686. The second-order valence-corrected chi connectivity index (χ2v) is 5.28. The first-order valence-corrected chi connectivity index (χ1v) is 5.85. The van der Waals surface area contributed by atoms with Crippen LogP contribution >= 0.6 is 27.3 Å². The standard InChI is InChI=1S/C8H6BrN5S/c1-13-6(2-3-10-13)5-4-14-8(11-5)15-7(9)12-14/h2-4H,1H3. The molecule has 0 amide bonds. The van der Waals surface area contributed by atoms with Crippen LogP contribution in [0.15, 0.2) is 22.4 Å². The van der Waals surface area contributed by atoms with Crippen molar-refractivity contribution in [2.24, 2.45) is 7.05 Å². The smallest absolute Gasteiger partial charge is 0.213 e. The molecule has 0 atom stereocenters. The van der Waals surface area contributed by atoms with Crippen molar-refractivity contribution in [1.29, 1.82) is 0 Å². The third-order valence-corrected chi connectivity index (χ3v) is 3.46. The molecule has 15 heavy (non-hydrogen) atoms. The van der Waals surface area contributed by atoms with Gasteiger partial charge in [0.1, 0.15) is 5.69 Å². The molecule has 0 aliphatic rings. The highest BCUT2D eigenvalue weighted by Crippen LogP contribution is 2.23. The van der Waals surface area contributed by atoms with Crippen LogP contribution in [0.3, 0.4) is 0 Å². The van der Waals surface area contributed by atoms with Gasteiger partial charge in [-0.25, -0.2) is 9.50 Å². The van der Waals surface area contributed by atoms with Crippen LogP contribution in [0.1, 0.15) is 0 Å². The largest absolute Gasteiger partial charge is 0.266 e. The minimum Gasteiger partial charge on any atom is -0.266 e. The molecule has 0 N–H and O–H groups in total. The van der Waals surface area contributed by atoms with Crippen LogP contribution in [0.5, 0.6) is 0 Å². The summed E-state index contributed by atoms with van der Waals surface area (Å²) in [6.07, 6.45) is 3.65. The first-order valence-electron chi connectivity index (χ1n) is 4.24. The van der Waals surface area contributed by atoms with E-state index in [1.807, 2.05) is 19.3 Å². The summed E-state index contributed by atoms with van der Waals surface area (Å²) in [4.78, 5) is 5.34. The Bertz CT molecular complexity index is 590. The van der Waals surface area contributed by atoms with E-state index in [4.69, 9.17) is 0 Å². The maximum Gasteiger partial charge on any atom is 0.213 e. The molecule has 0 aromatic carbocycles. The Morgan fingerprint density at radius 2 is 2.33 bits per heavy atom. The lowest BCUT2D eigenvalue weighted by Crippen LogP contribution is -1.93. The van der Waals surface area contributed by atoms with Gasteiger partial charge in [0.25, 0.3) is 0 Å². The Kier molecular flexibility index (Phi) is 1.89. The molecule has 0 unspecified atom stereocenters. The predicted octanol–water partition coefficient (Wildman–Crippen LogP) is 1.95. The highest BCUT2D eigenvalue weighted by Gasteiger charge is 2.10. The molecule has 3 heterocycles. The molecular weight excluding hydrogens is 278 g/mol. The van der Waals surface area contributed by atoms with Gasteiger partial charge in [0, 0.05) is 13.2 Å². The fourth-order valence-corrected chi connectivity index (χ4v) is 2.64. The van der Waals surface area contributed by atoms with Gasteiger partial charge in [-0.05, 0) is 22.0 Å². The van der Waals surface area contributed by atoms with Gasteiger partial charge in [0.2, 0.25) is 4.96 Å². The van der Waals surface area contributed by atoms with Gasteiger partial charge < -0.3 is 0 Å². The molecule has 0 fully saturated rings. The number of fused-ring (bicyclic) bond motifs is 1. The van der Waals surface area contributed by atoms with Crippen molar-refractivity contribution in [3.05, 3.63) is 22.4 Å². The van der Waals surface area contributed by atoms with Crippen LogP contribution in [-0.2, 0) is 7.05 Å².